The van der Waals surface area contributed by atoms with E-state index in [4.69, 9.17) is 9.84 Å². The third-order valence-electron chi connectivity index (χ3n) is 2.45. The molecule has 0 saturated carbocycles. The lowest BCUT2D eigenvalue weighted by Crippen LogP contribution is -2.15. The van der Waals surface area contributed by atoms with Crippen molar-refractivity contribution in [2.24, 2.45) is 5.41 Å². The maximum Gasteiger partial charge on any atom is 0.0812 e. The zero-order valence-corrected chi connectivity index (χ0v) is 6.76. The molecule has 0 bridgehead atoms. The summed E-state index contributed by atoms with van der Waals surface area (Å²) in [5.74, 6) is 0. The molecule has 1 N–H and O–H groups in total. The van der Waals surface area contributed by atoms with Crippen LogP contribution in [-0.2, 0) is 4.74 Å². The van der Waals surface area contributed by atoms with Gasteiger partial charge in [0.05, 0.1) is 19.3 Å². The number of hydrogen-bond acceptors (Lipinski definition) is 2. The Labute approximate surface area is 62.2 Å². The fourth-order valence-corrected chi connectivity index (χ4v) is 1.35. The van der Waals surface area contributed by atoms with Crippen LogP contribution in [0.5, 0.6) is 0 Å². The molecule has 0 aliphatic carbocycles. The molecule has 0 radical (unpaired) electrons. The number of hydrogen-bond donors (Lipinski definition) is 1. The predicted molar refractivity (Wildman–Crippen MR) is 39.8 cm³/mol. The summed E-state index contributed by atoms with van der Waals surface area (Å²) in [6, 6.07) is 0. The van der Waals surface area contributed by atoms with E-state index in [0.29, 0.717) is 5.41 Å². The fourth-order valence-electron chi connectivity index (χ4n) is 1.35. The van der Waals surface area contributed by atoms with E-state index in [0.717, 1.165) is 19.4 Å². The standard InChI is InChI=1S/C8H16O2/c1-3-8(2)4-7(5-9)10-6-8/h7,9H,3-6H2,1-2H3/t7-,8-/m0/s1. The largest absolute Gasteiger partial charge is 0.394 e. The third-order valence-corrected chi connectivity index (χ3v) is 2.45. The van der Waals surface area contributed by atoms with Crippen LogP contribution >= 0.6 is 0 Å². The van der Waals surface area contributed by atoms with Crippen molar-refractivity contribution in [1.29, 1.82) is 0 Å². The van der Waals surface area contributed by atoms with Gasteiger partial charge in [0.1, 0.15) is 0 Å². The first-order chi connectivity index (χ1) is 4.70. The molecule has 2 heteroatoms. The molecule has 1 saturated heterocycles. The van der Waals surface area contributed by atoms with Crippen LogP contribution in [0.1, 0.15) is 26.7 Å². The van der Waals surface area contributed by atoms with E-state index in [9.17, 15) is 0 Å². The molecular weight excluding hydrogens is 128 g/mol. The smallest absolute Gasteiger partial charge is 0.0812 e. The van der Waals surface area contributed by atoms with Crippen LogP contribution in [0.2, 0.25) is 0 Å². The van der Waals surface area contributed by atoms with E-state index in [1.165, 1.54) is 0 Å². The Morgan fingerprint density at radius 1 is 1.70 bits per heavy atom. The lowest BCUT2D eigenvalue weighted by Gasteiger charge is -2.18. The zero-order valence-electron chi connectivity index (χ0n) is 6.76. The Kier molecular flexibility index (Phi) is 2.32. The van der Waals surface area contributed by atoms with Gasteiger partial charge >= 0.3 is 0 Å². The summed E-state index contributed by atoms with van der Waals surface area (Å²) in [7, 11) is 0. The maximum atomic E-state index is 8.77. The molecule has 0 aromatic heterocycles. The van der Waals surface area contributed by atoms with Crippen LogP contribution in [0, 0.1) is 5.41 Å². The molecule has 10 heavy (non-hydrogen) atoms. The van der Waals surface area contributed by atoms with E-state index in [2.05, 4.69) is 13.8 Å². The van der Waals surface area contributed by atoms with Gasteiger partial charge in [-0.05, 0) is 18.3 Å². The topological polar surface area (TPSA) is 29.5 Å². The predicted octanol–water partition coefficient (Wildman–Crippen LogP) is 1.18. The van der Waals surface area contributed by atoms with Crippen molar-refractivity contribution in [1.82, 2.24) is 0 Å². The highest BCUT2D eigenvalue weighted by atomic mass is 16.5. The molecule has 2 atom stereocenters. The Morgan fingerprint density at radius 3 is 2.70 bits per heavy atom. The average Bonchev–Trinajstić information content (AvgIpc) is 2.33. The van der Waals surface area contributed by atoms with Gasteiger partial charge in [-0.3, -0.25) is 0 Å². The molecule has 0 aromatic rings. The molecule has 1 fully saturated rings. The first-order valence-corrected chi connectivity index (χ1v) is 3.92. The Balaban J connectivity index is 2.41. The summed E-state index contributed by atoms with van der Waals surface area (Å²) in [6.45, 7) is 5.37. The second-order valence-corrected chi connectivity index (χ2v) is 3.48. The summed E-state index contributed by atoms with van der Waals surface area (Å²) >= 11 is 0. The quantitative estimate of drug-likeness (QED) is 0.630. The van der Waals surface area contributed by atoms with Crippen LogP contribution in [0.25, 0.3) is 0 Å². The number of aliphatic hydroxyl groups is 1. The minimum absolute atomic E-state index is 0.102. The molecule has 1 aliphatic rings. The normalized spacial score (nSPS) is 40.5. The van der Waals surface area contributed by atoms with Crippen LogP contribution in [0.3, 0.4) is 0 Å². The molecule has 0 unspecified atom stereocenters. The lowest BCUT2D eigenvalue weighted by molar-refractivity contribution is 0.0535. The highest BCUT2D eigenvalue weighted by Crippen LogP contribution is 2.34. The number of aliphatic hydroxyl groups excluding tert-OH is 1. The summed E-state index contributed by atoms with van der Waals surface area (Å²) in [4.78, 5) is 0. The van der Waals surface area contributed by atoms with Crippen molar-refractivity contribution in [2.45, 2.75) is 32.8 Å². The second-order valence-electron chi connectivity index (χ2n) is 3.48. The summed E-state index contributed by atoms with van der Waals surface area (Å²) < 4.78 is 5.36. The van der Waals surface area contributed by atoms with Crippen molar-refractivity contribution in [3.05, 3.63) is 0 Å². The summed E-state index contributed by atoms with van der Waals surface area (Å²) in [6.07, 6.45) is 2.26. The van der Waals surface area contributed by atoms with Crippen molar-refractivity contribution >= 4 is 0 Å². The van der Waals surface area contributed by atoms with Gasteiger partial charge in [0, 0.05) is 0 Å². The van der Waals surface area contributed by atoms with Crippen molar-refractivity contribution in [2.75, 3.05) is 13.2 Å². The van der Waals surface area contributed by atoms with Gasteiger partial charge in [-0.2, -0.15) is 0 Å². The minimum atomic E-state index is 0.102. The van der Waals surface area contributed by atoms with Crippen LogP contribution in [0.15, 0.2) is 0 Å². The van der Waals surface area contributed by atoms with E-state index in [-0.39, 0.29) is 12.7 Å². The van der Waals surface area contributed by atoms with E-state index in [1.807, 2.05) is 0 Å². The SMILES string of the molecule is CC[C@]1(C)CO[C@H](CO)C1. The van der Waals surface area contributed by atoms with Crippen LogP contribution in [0.4, 0.5) is 0 Å². The molecular formula is C8H16O2. The Bertz CT molecular complexity index is 114. The molecule has 1 aliphatic heterocycles. The number of ether oxygens (including phenoxy) is 1. The van der Waals surface area contributed by atoms with E-state index in [1.54, 1.807) is 0 Å². The highest BCUT2D eigenvalue weighted by Gasteiger charge is 2.33. The van der Waals surface area contributed by atoms with Crippen LogP contribution < -0.4 is 0 Å². The third kappa shape index (κ3) is 1.50. The maximum absolute atomic E-state index is 8.77. The number of rotatable bonds is 2. The van der Waals surface area contributed by atoms with E-state index >= 15 is 0 Å². The monoisotopic (exact) mass is 144 g/mol. The molecule has 60 valence electrons. The highest BCUT2D eigenvalue weighted by molar-refractivity contribution is 4.82. The average molecular weight is 144 g/mol. The van der Waals surface area contributed by atoms with Gasteiger partial charge < -0.3 is 9.84 Å². The van der Waals surface area contributed by atoms with Gasteiger partial charge in [-0.15, -0.1) is 0 Å². The van der Waals surface area contributed by atoms with Crippen molar-refractivity contribution < 1.29 is 9.84 Å². The molecule has 2 nitrogen and oxygen atoms in total. The minimum Gasteiger partial charge on any atom is -0.394 e. The Morgan fingerprint density at radius 2 is 2.40 bits per heavy atom. The van der Waals surface area contributed by atoms with Crippen molar-refractivity contribution in [3.8, 4) is 0 Å². The van der Waals surface area contributed by atoms with Gasteiger partial charge in [-0.25, -0.2) is 0 Å². The Hall–Kier alpha value is -0.0800. The van der Waals surface area contributed by atoms with Gasteiger partial charge in [0.2, 0.25) is 0 Å². The second kappa shape index (κ2) is 2.89. The van der Waals surface area contributed by atoms with Crippen molar-refractivity contribution in [3.63, 3.8) is 0 Å². The molecule has 0 amide bonds. The van der Waals surface area contributed by atoms with Gasteiger partial charge in [-0.1, -0.05) is 13.8 Å². The van der Waals surface area contributed by atoms with Gasteiger partial charge in [0.25, 0.3) is 0 Å². The molecule has 1 rings (SSSR count). The lowest BCUT2D eigenvalue weighted by atomic mass is 9.85. The first-order valence-electron chi connectivity index (χ1n) is 3.92. The van der Waals surface area contributed by atoms with Crippen LogP contribution in [-0.4, -0.2) is 24.4 Å². The summed E-state index contributed by atoms with van der Waals surface area (Å²) in [5, 5.41) is 8.77. The molecule has 0 aromatic carbocycles. The fraction of sp³-hybridized carbons (Fsp3) is 1.00. The molecule has 1 heterocycles. The van der Waals surface area contributed by atoms with Gasteiger partial charge in [0.15, 0.2) is 0 Å². The zero-order chi connectivity index (χ0) is 7.61. The summed E-state index contributed by atoms with van der Waals surface area (Å²) in [5.41, 5.74) is 0.327. The molecule has 0 spiro atoms. The first kappa shape index (κ1) is 8.02. The van der Waals surface area contributed by atoms with E-state index < -0.39 is 0 Å².